The molecule has 1 heterocycles. The molecule has 4 nitrogen and oxygen atoms in total. The molecule has 0 spiro atoms. The summed E-state index contributed by atoms with van der Waals surface area (Å²) in [5.74, 6) is 0.290. The quantitative estimate of drug-likeness (QED) is 0.768. The molecule has 0 aromatic rings. The first-order valence-corrected chi connectivity index (χ1v) is 7.82. The second-order valence-electron chi connectivity index (χ2n) is 4.74. The van der Waals surface area contributed by atoms with E-state index >= 15 is 0 Å². The van der Waals surface area contributed by atoms with Gasteiger partial charge in [0.05, 0.1) is 5.75 Å². The van der Waals surface area contributed by atoms with Crippen molar-refractivity contribution in [3.8, 4) is 0 Å². The standard InChI is InChI=1S/C11H24N2O2S/c1-4-5-8-16(14,15)13(10(2)3)11-6-7-12-9-11/h10-12H,4-9H2,1-3H3. The fourth-order valence-corrected chi connectivity index (χ4v) is 4.40. The largest absolute Gasteiger partial charge is 0.315 e. The van der Waals surface area contributed by atoms with Crippen LogP contribution in [-0.4, -0.2) is 43.6 Å². The molecule has 1 aliphatic rings. The molecule has 0 radical (unpaired) electrons. The SMILES string of the molecule is CCCCS(=O)(=O)N(C(C)C)C1CCNC1. The number of unbranched alkanes of at least 4 members (excludes halogenated alkanes) is 1. The normalized spacial score (nSPS) is 22.2. The van der Waals surface area contributed by atoms with Crippen molar-refractivity contribution in [3.63, 3.8) is 0 Å². The van der Waals surface area contributed by atoms with Crippen molar-refractivity contribution in [1.82, 2.24) is 9.62 Å². The van der Waals surface area contributed by atoms with Crippen molar-refractivity contribution in [2.75, 3.05) is 18.8 Å². The highest BCUT2D eigenvalue weighted by Gasteiger charge is 2.33. The lowest BCUT2D eigenvalue weighted by molar-refractivity contribution is 0.286. The first-order chi connectivity index (χ1) is 7.49. The van der Waals surface area contributed by atoms with Gasteiger partial charge < -0.3 is 5.32 Å². The Hall–Kier alpha value is -0.130. The highest BCUT2D eigenvalue weighted by atomic mass is 32.2. The zero-order valence-electron chi connectivity index (χ0n) is 10.6. The first-order valence-electron chi connectivity index (χ1n) is 6.21. The smallest absolute Gasteiger partial charge is 0.214 e. The molecule has 1 aliphatic heterocycles. The Bertz CT molecular complexity index is 295. The predicted octanol–water partition coefficient (Wildman–Crippen LogP) is 1.19. The van der Waals surface area contributed by atoms with E-state index in [4.69, 9.17) is 0 Å². The number of nitrogens with zero attached hydrogens (tertiary/aromatic N) is 1. The fourth-order valence-electron chi connectivity index (χ4n) is 2.26. The van der Waals surface area contributed by atoms with Crippen LogP contribution in [0, 0.1) is 0 Å². The average molecular weight is 248 g/mol. The molecule has 1 saturated heterocycles. The minimum atomic E-state index is -3.07. The molecule has 1 rings (SSSR count). The van der Waals surface area contributed by atoms with Gasteiger partial charge in [-0.25, -0.2) is 8.42 Å². The molecule has 1 N–H and O–H groups in total. The van der Waals surface area contributed by atoms with Gasteiger partial charge in [-0.15, -0.1) is 0 Å². The second-order valence-corrected chi connectivity index (χ2v) is 6.73. The van der Waals surface area contributed by atoms with Gasteiger partial charge in [0.25, 0.3) is 0 Å². The molecule has 0 aromatic carbocycles. The molecule has 1 fully saturated rings. The van der Waals surface area contributed by atoms with E-state index in [1.165, 1.54) is 0 Å². The third-order valence-corrected chi connectivity index (χ3v) is 5.15. The lowest BCUT2D eigenvalue weighted by atomic mass is 10.2. The van der Waals surface area contributed by atoms with Crippen LogP contribution in [0.5, 0.6) is 0 Å². The summed E-state index contributed by atoms with van der Waals surface area (Å²) in [6.45, 7) is 7.66. The first kappa shape index (κ1) is 13.9. The predicted molar refractivity (Wildman–Crippen MR) is 66.9 cm³/mol. The van der Waals surface area contributed by atoms with E-state index in [0.29, 0.717) is 0 Å². The van der Waals surface area contributed by atoms with Gasteiger partial charge in [-0.1, -0.05) is 13.3 Å². The number of nitrogens with one attached hydrogen (secondary N) is 1. The highest BCUT2D eigenvalue weighted by Crippen LogP contribution is 2.18. The molecule has 0 aliphatic carbocycles. The van der Waals surface area contributed by atoms with Crippen LogP contribution in [0.4, 0.5) is 0 Å². The van der Waals surface area contributed by atoms with Crippen molar-refractivity contribution < 1.29 is 8.42 Å². The third kappa shape index (κ3) is 3.43. The molecule has 1 unspecified atom stereocenters. The number of sulfonamides is 1. The zero-order valence-corrected chi connectivity index (χ0v) is 11.4. The maximum absolute atomic E-state index is 12.2. The summed E-state index contributed by atoms with van der Waals surface area (Å²) in [4.78, 5) is 0. The van der Waals surface area contributed by atoms with Gasteiger partial charge in [0.15, 0.2) is 0 Å². The highest BCUT2D eigenvalue weighted by molar-refractivity contribution is 7.89. The van der Waals surface area contributed by atoms with Gasteiger partial charge in [-0.05, 0) is 33.2 Å². The summed E-state index contributed by atoms with van der Waals surface area (Å²) in [5.41, 5.74) is 0. The van der Waals surface area contributed by atoms with Gasteiger partial charge in [0.1, 0.15) is 0 Å². The van der Waals surface area contributed by atoms with E-state index in [-0.39, 0.29) is 17.8 Å². The van der Waals surface area contributed by atoms with Crippen molar-refractivity contribution in [2.45, 2.75) is 52.1 Å². The number of hydrogen-bond donors (Lipinski definition) is 1. The van der Waals surface area contributed by atoms with Crippen molar-refractivity contribution in [2.24, 2.45) is 0 Å². The second kappa shape index (κ2) is 5.98. The van der Waals surface area contributed by atoms with Crippen LogP contribution in [0.2, 0.25) is 0 Å². The summed E-state index contributed by atoms with van der Waals surface area (Å²) in [6, 6.07) is 0.216. The van der Waals surface area contributed by atoms with Crippen LogP contribution in [0.1, 0.15) is 40.0 Å². The van der Waals surface area contributed by atoms with Crippen LogP contribution in [0.15, 0.2) is 0 Å². The van der Waals surface area contributed by atoms with Crippen LogP contribution >= 0.6 is 0 Å². The van der Waals surface area contributed by atoms with Crippen molar-refractivity contribution in [1.29, 1.82) is 0 Å². The Morgan fingerprint density at radius 2 is 2.12 bits per heavy atom. The molecule has 16 heavy (non-hydrogen) atoms. The Morgan fingerprint density at radius 1 is 1.44 bits per heavy atom. The van der Waals surface area contributed by atoms with Gasteiger partial charge in [-0.2, -0.15) is 4.31 Å². The monoisotopic (exact) mass is 248 g/mol. The Balaban J connectivity index is 2.75. The Kier molecular flexibility index (Phi) is 5.21. The summed E-state index contributed by atoms with van der Waals surface area (Å²) < 4.78 is 26.1. The average Bonchev–Trinajstić information content (AvgIpc) is 2.67. The summed E-state index contributed by atoms with van der Waals surface area (Å²) in [6.07, 6.45) is 2.61. The summed E-state index contributed by atoms with van der Waals surface area (Å²) in [7, 11) is -3.07. The van der Waals surface area contributed by atoms with Gasteiger partial charge in [-0.3, -0.25) is 0 Å². The van der Waals surface area contributed by atoms with Gasteiger partial charge in [0.2, 0.25) is 10.0 Å². The van der Waals surface area contributed by atoms with Crippen LogP contribution in [0.25, 0.3) is 0 Å². The van der Waals surface area contributed by atoms with Gasteiger partial charge in [0, 0.05) is 18.6 Å². The maximum Gasteiger partial charge on any atom is 0.214 e. The topological polar surface area (TPSA) is 49.4 Å². The molecular weight excluding hydrogens is 224 g/mol. The minimum absolute atomic E-state index is 0.0618. The third-order valence-electron chi connectivity index (χ3n) is 2.98. The van der Waals surface area contributed by atoms with Gasteiger partial charge >= 0.3 is 0 Å². The fraction of sp³-hybridized carbons (Fsp3) is 1.00. The molecule has 0 amide bonds. The van der Waals surface area contributed by atoms with E-state index < -0.39 is 10.0 Å². The van der Waals surface area contributed by atoms with E-state index in [1.54, 1.807) is 4.31 Å². The Labute approximate surface area is 99.5 Å². The zero-order chi connectivity index (χ0) is 12.2. The van der Waals surface area contributed by atoms with E-state index in [9.17, 15) is 8.42 Å². The summed E-state index contributed by atoms with van der Waals surface area (Å²) >= 11 is 0. The molecule has 0 aromatic heterocycles. The van der Waals surface area contributed by atoms with Crippen LogP contribution in [-0.2, 0) is 10.0 Å². The molecule has 96 valence electrons. The molecule has 0 bridgehead atoms. The van der Waals surface area contributed by atoms with E-state index in [0.717, 1.165) is 32.4 Å². The summed E-state index contributed by atoms with van der Waals surface area (Å²) in [5, 5.41) is 3.23. The van der Waals surface area contributed by atoms with Crippen molar-refractivity contribution >= 4 is 10.0 Å². The number of rotatable bonds is 6. The van der Waals surface area contributed by atoms with E-state index in [1.807, 2.05) is 20.8 Å². The minimum Gasteiger partial charge on any atom is -0.315 e. The van der Waals surface area contributed by atoms with Crippen LogP contribution in [0.3, 0.4) is 0 Å². The van der Waals surface area contributed by atoms with Crippen molar-refractivity contribution in [3.05, 3.63) is 0 Å². The molecule has 1 atom stereocenters. The molecular formula is C11H24N2O2S. The molecule has 0 saturated carbocycles. The lowest BCUT2D eigenvalue weighted by Crippen LogP contribution is -2.46. The number of hydrogen-bond acceptors (Lipinski definition) is 3. The van der Waals surface area contributed by atoms with Crippen LogP contribution < -0.4 is 5.32 Å². The lowest BCUT2D eigenvalue weighted by Gasteiger charge is -2.31. The Morgan fingerprint density at radius 3 is 2.56 bits per heavy atom. The van der Waals surface area contributed by atoms with E-state index in [2.05, 4.69) is 5.32 Å². The maximum atomic E-state index is 12.2. The molecule has 5 heteroatoms.